The van der Waals surface area contributed by atoms with Crippen LogP contribution in [0.4, 0.5) is 10.5 Å². The first-order chi connectivity index (χ1) is 16.9. The Morgan fingerprint density at radius 2 is 1.37 bits per heavy atom. The Morgan fingerprint density at radius 3 is 1.94 bits per heavy atom. The molecule has 1 aliphatic heterocycles. The van der Waals surface area contributed by atoms with Gasteiger partial charge in [0.15, 0.2) is 0 Å². The van der Waals surface area contributed by atoms with Gasteiger partial charge in [0, 0.05) is 26.2 Å². The summed E-state index contributed by atoms with van der Waals surface area (Å²) in [5.41, 5.74) is 2.84. The number of anilines is 1. The average molecular weight is 511 g/mol. The van der Waals surface area contributed by atoms with Gasteiger partial charge in [-0.15, -0.1) is 0 Å². The normalized spacial score (nSPS) is 15.0. The third kappa shape index (κ3) is 6.14. The molecule has 8 heteroatoms. The molecule has 0 radical (unpaired) electrons. The quantitative estimate of drug-likeness (QED) is 0.464. The molecule has 1 aliphatic rings. The van der Waals surface area contributed by atoms with Gasteiger partial charge in [0.25, 0.3) is 0 Å². The standard InChI is InChI=1S/C27H28Cl2N4O2/c1-19(30-27(35)31-23-14-8-13-22(28)24(23)29)26(34)33-17-15-32(16-18-33)25(20-9-4-2-5-10-20)21-11-6-3-7-12-21/h2-14,19,25H,15-18H2,1H3,(H2,30,31,35). The number of nitrogens with one attached hydrogen (secondary N) is 2. The lowest BCUT2D eigenvalue weighted by Gasteiger charge is -2.40. The molecule has 0 spiro atoms. The SMILES string of the molecule is CC(NC(=O)Nc1cccc(Cl)c1Cl)C(=O)N1CCN(C(c2ccccc2)c2ccccc2)CC1. The number of rotatable bonds is 6. The maximum Gasteiger partial charge on any atom is 0.319 e. The minimum Gasteiger partial charge on any atom is -0.338 e. The summed E-state index contributed by atoms with van der Waals surface area (Å²) in [4.78, 5) is 29.7. The smallest absolute Gasteiger partial charge is 0.319 e. The molecule has 0 bridgehead atoms. The van der Waals surface area contributed by atoms with Crippen molar-refractivity contribution in [1.29, 1.82) is 0 Å². The Balaban J connectivity index is 1.36. The summed E-state index contributed by atoms with van der Waals surface area (Å²) in [5.74, 6) is -0.118. The van der Waals surface area contributed by atoms with Crippen molar-refractivity contribution in [2.75, 3.05) is 31.5 Å². The highest BCUT2D eigenvalue weighted by Gasteiger charge is 2.30. The zero-order valence-electron chi connectivity index (χ0n) is 19.5. The Bertz CT molecular complexity index is 1110. The van der Waals surface area contributed by atoms with E-state index in [1.165, 1.54) is 11.1 Å². The van der Waals surface area contributed by atoms with E-state index in [9.17, 15) is 9.59 Å². The molecule has 1 heterocycles. The van der Waals surface area contributed by atoms with Gasteiger partial charge in [-0.1, -0.05) is 89.9 Å². The molecule has 1 unspecified atom stereocenters. The number of hydrogen-bond donors (Lipinski definition) is 2. The second-order valence-electron chi connectivity index (χ2n) is 8.51. The van der Waals surface area contributed by atoms with E-state index in [0.717, 1.165) is 13.1 Å². The lowest BCUT2D eigenvalue weighted by atomic mass is 9.96. The van der Waals surface area contributed by atoms with Gasteiger partial charge in [-0.3, -0.25) is 9.69 Å². The minimum atomic E-state index is -0.682. The fourth-order valence-electron chi connectivity index (χ4n) is 4.38. The second-order valence-corrected chi connectivity index (χ2v) is 9.29. The molecule has 0 aromatic heterocycles. The number of amides is 3. The van der Waals surface area contributed by atoms with Gasteiger partial charge in [0.1, 0.15) is 6.04 Å². The van der Waals surface area contributed by atoms with Crippen LogP contribution in [0.25, 0.3) is 0 Å². The van der Waals surface area contributed by atoms with E-state index < -0.39 is 12.1 Å². The third-order valence-electron chi connectivity index (χ3n) is 6.14. The van der Waals surface area contributed by atoms with Crippen LogP contribution >= 0.6 is 23.2 Å². The van der Waals surface area contributed by atoms with Crippen molar-refractivity contribution in [1.82, 2.24) is 15.1 Å². The Kier molecular flexibility index (Phi) is 8.29. The van der Waals surface area contributed by atoms with Gasteiger partial charge < -0.3 is 15.5 Å². The predicted molar refractivity (Wildman–Crippen MR) is 141 cm³/mol. The summed E-state index contributed by atoms with van der Waals surface area (Å²) >= 11 is 12.1. The van der Waals surface area contributed by atoms with Crippen molar-refractivity contribution >= 4 is 40.8 Å². The molecule has 4 rings (SSSR count). The van der Waals surface area contributed by atoms with Crippen LogP contribution in [0.15, 0.2) is 78.9 Å². The summed E-state index contributed by atoms with van der Waals surface area (Å²) in [7, 11) is 0. The molecule has 1 atom stereocenters. The molecule has 3 amide bonds. The first-order valence-electron chi connectivity index (χ1n) is 11.6. The Labute approximate surface area is 215 Å². The zero-order valence-corrected chi connectivity index (χ0v) is 21.0. The van der Waals surface area contributed by atoms with E-state index in [4.69, 9.17) is 23.2 Å². The minimum absolute atomic E-state index is 0.118. The van der Waals surface area contributed by atoms with Crippen LogP contribution in [0, 0.1) is 0 Å². The summed E-state index contributed by atoms with van der Waals surface area (Å²) in [6.45, 7) is 4.32. The van der Waals surface area contributed by atoms with Crippen molar-refractivity contribution in [3.05, 3.63) is 100 Å². The first-order valence-corrected chi connectivity index (χ1v) is 12.3. The van der Waals surface area contributed by atoms with Crippen LogP contribution in [0.3, 0.4) is 0 Å². The molecule has 6 nitrogen and oxygen atoms in total. The van der Waals surface area contributed by atoms with Gasteiger partial charge >= 0.3 is 6.03 Å². The van der Waals surface area contributed by atoms with Crippen LogP contribution in [-0.2, 0) is 4.79 Å². The molecule has 182 valence electrons. The first kappa shape index (κ1) is 25.0. The van der Waals surface area contributed by atoms with Crippen molar-refractivity contribution in [2.24, 2.45) is 0 Å². The van der Waals surface area contributed by atoms with Gasteiger partial charge in [-0.2, -0.15) is 0 Å². The van der Waals surface area contributed by atoms with Crippen molar-refractivity contribution < 1.29 is 9.59 Å². The third-order valence-corrected chi connectivity index (χ3v) is 6.96. The molecule has 0 aliphatic carbocycles. The largest absolute Gasteiger partial charge is 0.338 e. The summed E-state index contributed by atoms with van der Waals surface area (Å²) in [6, 6.07) is 24.7. The van der Waals surface area contributed by atoms with Gasteiger partial charge in [0.05, 0.1) is 21.8 Å². The van der Waals surface area contributed by atoms with Gasteiger partial charge in [-0.05, 0) is 30.2 Å². The molecule has 1 fully saturated rings. The number of benzene rings is 3. The molecular weight excluding hydrogens is 483 g/mol. The topological polar surface area (TPSA) is 64.7 Å². The molecule has 0 saturated carbocycles. The summed E-state index contributed by atoms with van der Waals surface area (Å²) in [6.07, 6.45) is 0. The monoisotopic (exact) mass is 510 g/mol. The molecule has 2 N–H and O–H groups in total. The van der Waals surface area contributed by atoms with Crippen LogP contribution < -0.4 is 10.6 Å². The lowest BCUT2D eigenvalue weighted by molar-refractivity contribution is -0.134. The molecule has 35 heavy (non-hydrogen) atoms. The highest BCUT2D eigenvalue weighted by molar-refractivity contribution is 6.43. The van der Waals surface area contributed by atoms with E-state index in [2.05, 4.69) is 64.1 Å². The Morgan fingerprint density at radius 1 is 0.800 bits per heavy atom. The van der Waals surface area contributed by atoms with Crippen LogP contribution in [0.5, 0.6) is 0 Å². The number of urea groups is 1. The molecule has 3 aromatic carbocycles. The van der Waals surface area contributed by atoms with Gasteiger partial charge in [-0.25, -0.2) is 4.79 Å². The summed E-state index contributed by atoms with van der Waals surface area (Å²) < 4.78 is 0. The number of piperazine rings is 1. The maximum atomic E-state index is 13.0. The predicted octanol–water partition coefficient (Wildman–Crippen LogP) is 5.44. The lowest BCUT2D eigenvalue weighted by Crippen LogP contribution is -2.55. The van der Waals surface area contributed by atoms with Crippen molar-refractivity contribution in [3.8, 4) is 0 Å². The van der Waals surface area contributed by atoms with E-state index in [1.54, 1.807) is 30.0 Å². The van der Waals surface area contributed by atoms with Gasteiger partial charge in [0.2, 0.25) is 5.91 Å². The van der Waals surface area contributed by atoms with Crippen LogP contribution in [-0.4, -0.2) is 54.0 Å². The second kappa shape index (κ2) is 11.6. The van der Waals surface area contributed by atoms with E-state index in [1.807, 2.05) is 12.1 Å². The fraction of sp³-hybridized carbons (Fsp3) is 0.259. The van der Waals surface area contributed by atoms with Crippen molar-refractivity contribution in [2.45, 2.75) is 19.0 Å². The number of nitrogens with zero attached hydrogens (tertiary/aromatic N) is 2. The summed E-state index contributed by atoms with van der Waals surface area (Å²) in [5, 5.41) is 5.95. The number of halogens is 2. The number of carbonyl (C=O) groups excluding carboxylic acids is 2. The zero-order chi connectivity index (χ0) is 24.8. The van der Waals surface area contributed by atoms with E-state index >= 15 is 0 Å². The average Bonchev–Trinajstić information content (AvgIpc) is 2.88. The molecule has 1 saturated heterocycles. The maximum absolute atomic E-state index is 13.0. The highest BCUT2D eigenvalue weighted by atomic mass is 35.5. The van der Waals surface area contributed by atoms with Crippen LogP contribution in [0.1, 0.15) is 24.1 Å². The highest BCUT2D eigenvalue weighted by Crippen LogP contribution is 2.30. The Hall–Kier alpha value is -3.06. The van der Waals surface area contributed by atoms with E-state index in [-0.39, 0.29) is 17.0 Å². The van der Waals surface area contributed by atoms with E-state index in [0.29, 0.717) is 23.8 Å². The fourth-order valence-corrected chi connectivity index (χ4v) is 4.72. The molecule has 3 aromatic rings. The van der Waals surface area contributed by atoms with Crippen LogP contribution in [0.2, 0.25) is 10.0 Å². The molecular formula is C27H28Cl2N4O2. The van der Waals surface area contributed by atoms with Crippen molar-refractivity contribution in [3.63, 3.8) is 0 Å². The number of hydrogen-bond acceptors (Lipinski definition) is 3. The number of carbonyl (C=O) groups is 2.